The molecule has 0 aliphatic carbocycles. The topological polar surface area (TPSA) is 53.7 Å². The van der Waals surface area contributed by atoms with E-state index >= 15 is 0 Å². The zero-order chi connectivity index (χ0) is 18.7. The van der Waals surface area contributed by atoms with Crippen molar-refractivity contribution in [1.82, 2.24) is 20.0 Å². The van der Waals surface area contributed by atoms with Crippen molar-refractivity contribution < 1.29 is 17.6 Å². The van der Waals surface area contributed by atoms with Crippen molar-refractivity contribution >= 4 is 46.2 Å². The standard InChI is InChI=1S/C16H15F4N5S.HI/c1-21-14(23-8-12-9-25-4-5-26-15(25)24-12)22-7-10-2-3-11(17)6-13(10)16(18,19)20;/h2-6,9H,7-8H2,1H3,(H2,21,22,23);1H. The van der Waals surface area contributed by atoms with E-state index in [1.54, 1.807) is 0 Å². The summed E-state index contributed by atoms with van der Waals surface area (Å²) >= 11 is 1.50. The van der Waals surface area contributed by atoms with Crippen molar-refractivity contribution in [3.05, 3.63) is 58.6 Å². The second-order valence-electron chi connectivity index (χ2n) is 5.40. The molecule has 0 aliphatic rings. The summed E-state index contributed by atoms with van der Waals surface area (Å²) in [6.45, 7) is 0.219. The highest BCUT2D eigenvalue weighted by molar-refractivity contribution is 14.0. The van der Waals surface area contributed by atoms with Crippen LogP contribution in [0.2, 0.25) is 0 Å². The van der Waals surface area contributed by atoms with Crippen molar-refractivity contribution in [2.75, 3.05) is 7.05 Å². The maximum atomic E-state index is 13.1. The molecule has 146 valence electrons. The summed E-state index contributed by atoms with van der Waals surface area (Å²) in [6, 6.07) is 2.60. The third-order valence-corrected chi connectivity index (χ3v) is 4.40. The van der Waals surface area contributed by atoms with Crippen LogP contribution in [0, 0.1) is 5.82 Å². The number of halogens is 5. The van der Waals surface area contributed by atoms with Crippen LogP contribution in [0.5, 0.6) is 0 Å². The van der Waals surface area contributed by atoms with Crippen LogP contribution in [0.3, 0.4) is 0 Å². The number of benzene rings is 1. The van der Waals surface area contributed by atoms with Gasteiger partial charge in [-0.15, -0.1) is 35.3 Å². The van der Waals surface area contributed by atoms with Crippen LogP contribution in [0.1, 0.15) is 16.8 Å². The SMILES string of the molecule is CN=C(NCc1cn2ccsc2n1)NCc1ccc(F)cc1C(F)(F)F.I. The Bertz CT molecular complexity index is 906. The molecule has 1 aromatic carbocycles. The fraction of sp³-hybridized carbons (Fsp3) is 0.250. The average molecular weight is 513 g/mol. The van der Waals surface area contributed by atoms with Crippen LogP contribution in [0.15, 0.2) is 41.0 Å². The first-order valence-electron chi connectivity index (χ1n) is 7.58. The molecule has 2 aromatic heterocycles. The number of fused-ring (bicyclic) bond motifs is 1. The minimum atomic E-state index is -4.63. The number of guanidine groups is 1. The first-order valence-corrected chi connectivity index (χ1v) is 8.46. The van der Waals surface area contributed by atoms with Crippen LogP contribution in [0.4, 0.5) is 17.6 Å². The molecule has 0 amide bonds. The largest absolute Gasteiger partial charge is 0.416 e. The fourth-order valence-electron chi connectivity index (χ4n) is 2.40. The van der Waals surface area contributed by atoms with Crippen molar-refractivity contribution in [2.24, 2.45) is 4.99 Å². The van der Waals surface area contributed by atoms with Crippen LogP contribution in [0.25, 0.3) is 4.96 Å². The second-order valence-corrected chi connectivity index (χ2v) is 6.28. The van der Waals surface area contributed by atoms with Crippen LogP contribution in [-0.4, -0.2) is 22.4 Å². The summed E-state index contributed by atoms with van der Waals surface area (Å²) in [5.74, 6) is -0.609. The zero-order valence-electron chi connectivity index (χ0n) is 14.0. The lowest BCUT2D eigenvalue weighted by Gasteiger charge is -2.15. The molecule has 0 atom stereocenters. The minimum absolute atomic E-state index is 0. The number of aromatic nitrogens is 2. The van der Waals surface area contributed by atoms with Crippen LogP contribution >= 0.6 is 35.3 Å². The van der Waals surface area contributed by atoms with E-state index in [0.29, 0.717) is 18.6 Å². The number of alkyl halides is 3. The number of nitrogens with zero attached hydrogens (tertiary/aromatic N) is 3. The Labute approximate surface area is 173 Å². The van der Waals surface area contributed by atoms with E-state index in [1.165, 1.54) is 18.4 Å². The summed E-state index contributed by atoms with van der Waals surface area (Å²) in [4.78, 5) is 9.23. The molecule has 0 unspecified atom stereocenters. The van der Waals surface area contributed by atoms with Gasteiger partial charge in [0.25, 0.3) is 0 Å². The van der Waals surface area contributed by atoms with Gasteiger partial charge in [0.05, 0.1) is 17.8 Å². The molecular weight excluding hydrogens is 497 g/mol. The van der Waals surface area contributed by atoms with Gasteiger partial charge in [0.1, 0.15) is 5.82 Å². The molecule has 3 rings (SSSR count). The van der Waals surface area contributed by atoms with E-state index in [0.717, 1.165) is 22.8 Å². The monoisotopic (exact) mass is 513 g/mol. The van der Waals surface area contributed by atoms with Crippen molar-refractivity contribution in [3.8, 4) is 0 Å². The Kier molecular flexibility index (Phi) is 7.03. The molecule has 0 saturated carbocycles. The maximum absolute atomic E-state index is 13.1. The van der Waals surface area contributed by atoms with Gasteiger partial charge >= 0.3 is 6.18 Å². The van der Waals surface area contributed by atoms with Crippen LogP contribution < -0.4 is 10.6 Å². The molecule has 27 heavy (non-hydrogen) atoms. The fourth-order valence-corrected chi connectivity index (χ4v) is 3.12. The maximum Gasteiger partial charge on any atom is 0.416 e. The zero-order valence-corrected chi connectivity index (χ0v) is 17.2. The van der Waals surface area contributed by atoms with Crippen molar-refractivity contribution in [1.29, 1.82) is 0 Å². The number of hydrogen-bond acceptors (Lipinski definition) is 3. The number of imidazole rings is 1. The van der Waals surface area contributed by atoms with E-state index in [-0.39, 0.29) is 36.1 Å². The molecule has 0 fully saturated rings. The molecule has 0 radical (unpaired) electrons. The molecule has 11 heteroatoms. The van der Waals surface area contributed by atoms with Gasteiger partial charge in [-0.3, -0.25) is 9.39 Å². The van der Waals surface area contributed by atoms with E-state index < -0.39 is 17.6 Å². The summed E-state index contributed by atoms with van der Waals surface area (Å²) in [5.41, 5.74) is -0.295. The summed E-state index contributed by atoms with van der Waals surface area (Å²) < 4.78 is 54.1. The van der Waals surface area contributed by atoms with Gasteiger partial charge < -0.3 is 10.6 Å². The predicted octanol–water partition coefficient (Wildman–Crippen LogP) is 4.04. The smallest absolute Gasteiger partial charge is 0.352 e. The highest BCUT2D eigenvalue weighted by atomic mass is 127. The van der Waals surface area contributed by atoms with Gasteiger partial charge in [0.2, 0.25) is 0 Å². The Morgan fingerprint density at radius 2 is 2.00 bits per heavy atom. The first-order chi connectivity index (χ1) is 12.4. The molecular formula is C16H16F4IN5S. The third-order valence-electron chi connectivity index (χ3n) is 3.63. The van der Waals surface area contributed by atoms with Gasteiger partial charge in [-0.25, -0.2) is 9.37 Å². The van der Waals surface area contributed by atoms with Gasteiger partial charge in [0.15, 0.2) is 10.9 Å². The van der Waals surface area contributed by atoms with E-state index in [4.69, 9.17) is 0 Å². The lowest BCUT2D eigenvalue weighted by atomic mass is 10.1. The van der Waals surface area contributed by atoms with E-state index in [2.05, 4.69) is 20.6 Å². The highest BCUT2D eigenvalue weighted by Gasteiger charge is 2.33. The normalized spacial score (nSPS) is 12.1. The summed E-state index contributed by atoms with van der Waals surface area (Å²) in [5, 5.41) is 7.71. The summed E-state index contributed by atoms with van der Waals surface area (Å²) in [6.07, 6.45) is -0.886. The quantitative estimate of drug-likeness (QED) is 0.240. The Morgan fingerprint density at radius 1 is 1.26 bits per heavy atom. The molecule has 0 spiro atoms. The van der Waals surface area contributed by atoms with Crippen molar-refractivity contribution in [2.45, 2.75) is 19.3 Å². The minimum Gasteiger partial charge on any atom is -0.352 e. The number of aliphatic imine (C=N–C) groups is 1. The number of rotatable bonds is 4. The molecule has 2 heterocycles. The molecule has 0 bridgehead atoms. The summed E-state index contributed by atoms with van der Waals surface area (Å²) in [7, 11) is 1.51. The lowest BCUT2D eigenvalue weighted by molar-refractivity contribution is -0.138. The Balaban J connectivity index is 0.00000261. The molecule has 2 N–H and O–H groups in total. The van der Waals surface area contributed by atoms with Gasteiger partial charge in [-0.2, -0.15) is 13.2 Å². The van der Waals surface area contributed by atoms with Gasteiger partial charge in [-0.05, 0) is 17.7 Å². The Morgan fingerprint density at radius 3 is 2.67 bits per heavy atom. The van der Waals surface area contributed by atoms with Gasteiger partial charge in [0, 0.05) is 31.4 Å². The Hall–Kier alpha value is -1.89. The molecule has 3 aromatic rings. The third kappa shape index (κ3) is 5.31. The van der Waals surface area contributed by atoms with E-state index in [9.17, 15) is 17.6 Å². The molecule has 5 nitrogen and oxygen atoms in total. The first kappa shape index (κ1) is 21.4. The van der Waals surface area contributed by atoms with Crippen molar-refractivity contribution in [3.63, 3.8) is 0 Å². The predicted molar refractivity (Wildman–Crippen MR) is 107 cm³/mol. The molecule has 0 aliphatic heterocycles. The molecule has 0 saturated heterocycles. The van der Waals surface area contributed by atoms with Crippen LogP contribution in [-0.2, 0) is 19.3 Å². The van der Waals surface area contributed by atoms with E-state index in [1.807, 2.05) is 22.2 Å². The van der Waals surface area contributed by atoms with Gasteiger partial charge in [-0.1, -0.05) is 6.07 Å². The number of thiazole rings is 1. The number of nitrogens with one attached hydrogen (secondary N) is 2. The second kappa shape index (κ2) is 8.87. The highest BCUT2D eigenvalue weighted by Crippen LogP contribution is 2.32. The average Bonchev–Trinajstić information content (AvgIpc) is 3.16. The number of hydrogen-bond donors (Lipinski definition) is 2. The lowest BCUT2D eigenvalue weighted by Crippen LogP contribution is -2.36.